The van der Waals surface area contributed by atoms with Crippen LogP contribution < -0.4 is 16.0 Å². The van der Waals surface area contributed by atoms with Gasteiger partial charge in [-0.25, -0.2) is 8.42 Å². The lowest BCUT2D eigenvalue weighted by molar-refractivity contribution is -0.121. The summed E-state index contributed by atoms with van der Waals surface area (Å²) in [5, 5.41) is 9.07. The van der Waals surface area contributed by atoms with Gasteiger partial charge in [0.2, 0.25) is 5.91 Å². The van der Waals surface area contributed by atoms with E-state index >= 15 is 0 Å². The lowest BCUT2D eigenvalue weighted by atomic mass is 10.1. The zero-order valence-corrected chi connectivity index (χ0v) is 17.9. The molecule has 1 fully saturated rings. The molecule has 0 saturated carbocycles. The number of guanidine groups is 1. The molecular weight excluding hydrogens is 443 g/mol. The van der Waals surface area contributed by atoms with E-state index in [1.807, 2.05) is 0 Å². The summed E-state index contributed by atoms with van der Waals surface area (Å²) in [6, 6.07) is -0.235. The van der Waals surface area contributed by atoms with Crippen molar-refractivity contribution in [2.24, 2.45) is 10.9 Å². The first-order valence-corrected chi connectivity index (χ1v) is 10.1. The molecule has 1 aliphatic heterocycles. The van der Waals surface area contributed by atoms with Crippen LogP contribution in [0.1, 0.15) is 39.5 Å². The molecule has 0 radical (unpaired) electrons. The molecule has 0 aromatic rings. The van der Waals surface area contributed by atoms with Gasteiger partial charge >= 0.3 is 0 Å². The van der Waals surface area contributed by atoms with Crippen LogP contribution >= 0.6 is 24.0 Å². The Hall–Kier alpha value is -0.580. The van der Waals surface area contributed by atoms with Gasteiger partial charge in [0, 0.05) is 32.6 Å². The highest BCUT2D eigenvalue weighted by atomic mass is 127. The lowest BCUT2D eigenvalue weighted by Gasteiger charge is -2.13. The molecule has 24 heavy (non-hydrogen) atoms. The number of rotatable bonds is 8. The Kier molecular flexibility index (Phi) is 11.6. The molecule has 0 aromatic heterocycles. The van der Waals surface area contributed by atoms with Gasteiger partial charge in [0.1, 0.15) is 0 Å². The summed E-state index contributed by atoms with van der Waals surface area (Å²) in [6.07, 6.45) is 3.05. The van der Waals surface area contributed by atoms with Gasteiger partial charge in [-0.2, -0.15) is 0 Å². The molecule has 0 aliphatic carbocycles. The van der Waals surface area contributed by atoms with Gasteiger partial charge in [-0.05, 0) is 25.2 Å². The normalized spacial score (nSPS) is 19.7. The minimum absolute atomic E-state index is 0. The van der Waals surface area contributed by atoms with Crippen molar-refractivity contribution in [3.63, 3.8) is 0 Å². The van der Waals surface area contributed by atoms with Crippen molar-refractivity contribution >= 4 is 45.7 Å². The fourth-order valence-corrected chi connectivity index (χ4v) is 4.11. The van der Waals surface area contributed by atoms with E-state index in [-0.39, 0.29) is 47.4 Å². The summed E-state index contributed by atoms with van der Waals surface area (Å²) >= 11 is 0. The first-order chi connectivity index (χ1) is 10.8. The number of halogens is 1. The van der Waals surface area contributed by atoms with Crippen LogP contribution in [0.2, 0.25) is 0 Å². The van der Waals surface area contributed by atoms with E-state index in [1.165, 1.54) is 0 Å². The standard InChI is InChI=1S/C15H30N4O3S.HI/c1-12(2)5-4-8-17-15(16-3)18-9-6-14(20)19-13-7-10-23(21,22)11-13;/h12-13H,4-11H2,1-3H3,(H,19,20)(H2,16,17,18);1H. The number of hydrogen-bond acceptors (Lipinski definition) is 4. The van der Waals surface area contributed by atoms with Gasteiger partial charge < -0.3 is 16.0 Å². The summed E-state index contributed by atoms with van der Waals surface area (Å²) in [5.41, 5.74) is 0. The predicted molar refractivity (Wildman–Crippen MR) is 109 cm³/mol. The molecule has 3 N–H and O–H groups in total. The van der Waals surface area contributed by atoms with Crippen LogP contribution in [0.3, 0.4) is 0 Å². The van der Waals surface area contributed by atoms with Crippen molar-refractivity contribution in [1.82, 2.24) is 16.0 Å². The Labute approximate surface area is 162 Å². The molecule has 1 unspecified atom stereocenters. The van der Waals surface area contributed by atoms with Crippen LogP contribution in [0, 0.1) is 5.92 Å². The number of aliphatic imine (C=N–C) groups is 1. The van der Waals surface area contributed by atoms with E-state index in [2.05, 4.69) is 34.8 Å². The fourth-order valence-electron chi connectivity index (χ4n) is 2.44. The van der Waals surface area contributed by atoms with Crippen LogP contribution in [-0.4, -0.2) is 58.0 Å². The van der Waals surface area contributed by atoms with Crippen LogP contribution in [0.25, 0.3) is 0 Å². The summed E-state index contributed by atoms with van der Waals surface area (Å²) in [4.78, 5) is 15.9. The molecule has 1 heterocycles. The van der Waals surface area contributed by atoms with Gasteiger partial charge in [0.25, 0.3) is 0 Å². The Bertz CT molecular complexity index is 509. The summed E-state index contributed by atoms with van der Waals surface area (Å²) in [6.45, 7) is 5.71. The number of nitrogens with zero attached hydrogens (tertiary/aromatic N) is 1. The van der Waals surface area contributed by atoms with Crippen molar-refractivity contribution in [2.45, 2.75) is 45.6 Å². The lowest BCUT2D eigenvalue weighted by Crippen LogP contribution is -2.41. The molecular formula is C15H31IN4O3S. The fraction of sp³-hybridized carbons (Fsp3) is 0.867. The second-order valence-corrected chi connectivity index (χ2v) is 8.61. The zero-order valence-electron chi connectivity index (χ0n) is 14.8. The van der Waals surface area contributed by atoms with Crippen LogP contribution in [-0.2, 0) is 14.6 Å². The smallest absolute Gasteiger partial charge is 0.222 e. The highest BCUT2D eigenvalue weighted by Crippen LogP contribution is 2.11. The second kappa shape index (κ2) is 11.9. The van der Waals surface area contributed by atoms with Gasteiger partial charge in [0.05, 0.1) is 11.5 Å². The average Bonchev–Trinajstić information content (AvgIpc) is 2.80. The third kappa shape index (κ3) is 10.3. The van der Waals surface area contributed by atoms with E-state index in [9.17, 15) is 13.2 Å². The number of carbonyl (C=O) groups excluding carboxylic acids is 1. The van der Waals surface area contributed by atoms with Gasteiger partial charge in [-0.1, -0.05) is 13.8 Å². The van der Waals surface area contributed by atoms with Crippen LogP contribution in [0.5, 0.6) is 0 Å². The van der Waals surface area contributed by atoms with Gasteiger partial charge in [-0.15, -0.1) is 24.0 Å². The summed E-state index contributed by atoms with van der Waals surface area (Å²) in [5.74, 6) is 1.48. The van der Waals surface area contributed by atoms with E-state index in [4.69, 9.17) is 0 Å². The Balaban J connectivity index is 0.00000529. The van der Waals surface area contributed by atoms with Crippen LogP contribution in [0.4, 0.5) is 0 Å². The summed E-state index contributed by atoms with van der Waals surface area (Å²) in [7, 11) is -1.26. The Morgan fingerprint density at radius 1 is 1.25 bits per heavy atom. The van der Waals surface area contributed by atoms with Crippen molar-refractivity contribution in [3.8, 4) is 0 Å². The van der Waals surface area contributed by atoms with Crippen molar-refractivity contribution < 1.29 is 13.2 Å². The molecule has 1 rings (SSSR count). The summed E-state index contributed by atoms with van der Waals surface area (Å²) < 4.78 is 22.7. The molecule has 1 atom stereocenters. The molecule has 9 heteroatoms. The highest BCUT2D eigenvalue weighted by molar-refractivity contribution is 14.0. The van der Waals surface area contributed by atoms with E-state index in [1.54, 1.807) is 7.05 Å². The molecule has 1 aliphatic rings. The maximum atomic E-state index is 11.8. The maximum Gasteiger partial charge on any atom is 0.222 e. The maximum absolute atomic E-state index is 11.8. The van der Waals surface area contributed by atoms with Crippen LogP contribution in [0.15, 0.2) is 4.99 Å². The average molecular weight is 474 g/mol. The number of nitrogens with one attached hydrogen (secondary N) is 3. The topological polar surface area (TPSA) is 99.7 Å². The third-order valence-corrected chi connectivity index (χ3v) is 5.48. The van der Waals surface area contributed by atoms with E-state index in [0.717, 1.165) is 19.4 Å². The number of amides is 1. The quantitative estimate of drug-likeness (QED) is 0.210. The van der Waals surface area contributed by atoms with Crippen molar-refractivity contribution in [1.29, 1.82) is 0 Å². The van der Waals surface area contributed by atoms with Gasteiger partial charge in [-0.3, -0.25) is 9.79 Å². The zero-order chi connectivity index (χ0) is 17.3. The van der Waals surface area contributed by atoms with E-state index < -0.39 is 9.84 Å². The molecule has 7 nitrogen and oxygen atoms in total. The Morgan fingerprint density at radius 3 is 2.46 bits per heavy atom. The van der Waals surface area contributed by atoms with Gasteiger partial charge in [0.15, 0.2) is 15.8 Å². The Morgan fingerprint density at radius 2 is 1.92 bits per heavy atom. The molecule has 0 spiro atoms. The highest BCUT2D eigenvalue weighted by Gasteiger charge is 2.28. The molecule has 0 bridgehead atoms. The first-order valence-electron chi connectivity index (χ1n) is 8.26. The largest absolute Gasteiger partial charge is 0.356 e. The van der Waals surface area contributed by atoms with Crippen molar-refractivity contribution in [2.75, 3.05) is 31.6 Å². The minimum Gasteiger partial charge on any atom is -0.356 e. The second-order valence-electron chi connectivity index (χ2n) is 6.38. The number of hydrogen-bond donors (Lipinski definition) is 3. The third-order valence-electron chi connectivity index (χ3n) is 3.72. The predicted octanol–water partition coefficient (Wildman–Crippen LogP) is 0.899. The van der Waals surface area contributed by atoms with Crippen molar-refractivity contribution in [3.05, 3.63) is 0 Å². The molecule has 0 aromatic carbocycles. The first kappa shape index (κ1) is 23.4. The SMILES string of the molecule is CN=C(NCCCC(C)C)NCCC(=O)NC1CCS(=O)(=O)C1.I. The monoisotopic (exact) mass is 474 g/mol. The minimum atomic E-state index is -2.96. The van der Waals surface area contributed by atoms with E-state index in [0.29, 0.717) is 31.3 Å². The molecule has 1 amide bonds. The number of carbonyl (C=O) groups is 1. The molecule has 1 saturated heterocycles. The molecule has 142 valence electrons. The number of sulfone groups is 1.